The number of carbonyl (C=O) groups is 2. The molecule has 0 atom stereocenters. The SMILES string of the molecule is CS(=O)(=O)CCN1C(=O)C(=O)c2ccc(F)cc21. The molecule has 2 rings (SSSR count). The van der Waals surface area contributed by atoms with Crippen LogP contribution in [0.5, 0.6) is 0 Å². The maximum atomic E-state index is 13.1. The molecule has 0 radical (unpaired) electrons. The number of hydrogen-bond donors (Lipinski definition) is 0. The molecule has 0 saturated carbocycles. The minimum atomic E-state index is -3.26. The maximum Gasteiger partial charge on any atom is 0.299 e. The highest BCUT2D eigenvalue weighted by Gasteiger charge is 2.36. The second kappa shape index (κ2) is 4.16. The van der Waals surface area contributed by atoms with E-state index in [4.69, 9.17) is 0 Å². The number of nitrogens with zero attached hydrogens (tertiary/aromatic N) is 1. The molecule has 7 heteroatoms. The van der Waals surface area contributed by atoms with Gasteiger partial charge < -0.3 is 4.90 Å². The Kier molecular flexibility index (Phi) is 2.94. The first-order valence-electron chi connectivity index (χ1n) is 5.13. The van der Waals surface area contributed by atoms with Gasteiger partial charge in [-0.25, -0.2) is 12.8 Å². The van der Waals surface area contributed by atoms with Gasteiger partial charge in [0, 0.05) is 12.8 Å². The lowest BCUT2D eigenvalue weighted by Gasteiger charge is -2.15. The van der Waals surface area contributed by atoms with Crippen LogP contribution in [0.2, 0.25) is 0 Å². The second-order valence-corrected chi connectivity index (χ2v) is 6.34. The fourth-order valence-electron chi connectivity index (χ4n) is 1.75. The average Bonchev–Trinajstić information content (AvgIpc) is 2.48. The summed E-state index contributed by atoms with van der Waals surface area (Å²) in [6.07, 6.45) is 1.03. The van der Waals surface area contributed by atoms with Crippen LogP contribution in [-0.4, -0.2) is 38.7 Å². The van der Waals surface area contributed by atoms with Gasteiger partial charge in [-0.2, -0.15) is 0 Å². The van der Waals surface area contributed by atoms with Gasteiger partial charge >= 0.3 is 0 Å². The van der Waals surface area contributed by atoms with E-state index in [0.717, 1.165) is 23.3 Å². The quantitative estimate of drug-likeness (QED) is 0.746. The molecule has 0 bridgehead atoms. The van der Waals surface area contributed by atoms with E-state index < -0.39 is 27.3 Å². The van der Waals surface area contributed by atoms with Crippen molar-refractivity contribution in [3.05, 3.63) is 29.6 Å². The zero-order valence-corrected chi connectivity index (χ0v) is 10.3. The molecule has 1 aromatic rings. The van der Waals surface area contributed by atoms with Gasteiger partial charge in [-0.15, -0.1) is 0 Å². The fraction of sp³-hybridized carbons (Fsp3) is 0.273. The Bertz CT molecular complexity index is 638. The molecule has 1 aliphatic rings. The molecular formula is C11H10FNO4S. The molecule has 0 saturated heterocycles. The first-order valence-corrected chi connectivity index (χ1v) is 7.19. The lowest BCUT2D eigenvalue weighted by atomic mass is 10.1. The van der Waals surface area contributed by atoms with Gasteiger partial charge in [0.25, 0.3) is 11.7 Å². The third-order valence-electron chi connectivity index (χ3n) is 2.62. The summed E-state index contributed by atoms with van der Waals surface area (Å²) in [4.78, 5) is 24.2. The van der Waals surface area contributed by atoms with Crippen LogP contribution in [0.25, 0.3) is 0 Å². The Balaban J connectivity index is 2.36. The molecule has 0 unspecified atom stereocenters. The zero-order valence-electron chi connectivity index (χ0n) is 9.51. The summed E-state index contributed by atoms with van der Waals surface area (Å²) in [5.74, 6) is -2.42. The van der Waals surface area contributed by atoms with E-state index in [1.165, 1.54) is 6.07 Å². The van der Waals surface area contributed by atoms with Crippen molar-refractivity contribution in [1.82, 2.24) is 0 Å². The highest BCUT2D eigenvalue weighted by Crippen LogP contribution is 2.29. The van der Waals surface area contributed by atoms with Crippen LogP contribution < -0.4 is 4.90 Å². The number of Topliss-reactive ketones (excluding diaryl/α,β-unsaturated/α-hetero) is 1. The van der Waals surface area contributed by atoms with Crippen molar-refractivity contribution < 1.29 is 22.4 Å². The highest BCUT2D eigenvalue weighted by atomic mass is 32.2. The summed E-state index contributed by atoms with van der Waals surface area (Å²) >= 11 is 0. The normalized spacial score (nSPS) is 15.1. The van der Waals surface area contributed by atoms with E-state index in [-0.39, 0.29) is 23.5 Å². The van der Waals surface area contributed by atoms with Gasteiger partial charge in [0.2, 0.25) is 0 Å². The Morgan fingerprint density at radius 2 is 1.94 bits per heavy atom. The Morgan fingerprint density at radius 1 is 1.28 bits per heavy atom. The Morgan fingerprint density at radius 3 is 2.56 bits per heavy atom. The fourth-order valence-corrected chi connectivity index (χ4v) is 2.26. The first-order chi connectivity index (χ1) is 8.29. The molecule has 0 N–H and O–H groups in total. The lowest BCUT2D eigenvalue weighted by molar-refractivity contribution is -0.114. The zero-order chi connectivity index (χ0) is 13.5. The number of rotatable bonds is 3. The van der Waals surface area contributed by atoms with E-state index in [1.54, 1.807) is 0 Å². The number of fused-ring (bicyclic) bond motifs is 1. The summed E-state index contributed by atoms with van der Waals surface area (Å²) < 4.78 is 35.2. The number of sulfone groups is 1. The summed E-state index contributed by atoms with van der Waals surface area (Å²) in [7, 11) is -3.26. The van der Waals surface area contributed by atoms with Crippen molar-refractivity contribution in [2.75, 3.05) is 23.5 Å². The molecule has 1 amide bonds. The summed E-state index contributed by atoms with van der Waals surface area (Å²) in [6, 6.07) is 3.37. The van der Waals surface area contributed by atoms with Gasteiger partial charge in [0.05, 0.1) is 17.0 Å². The number of carbonyl (C=O) groups excluding carboxylic acids is 2. The summed E-state index contributed by atoms with van der Waals surface area (Å²) in [6.45, 7) is -0.153. The van der Waals surface area contributed by atoms with Crippen LogP contribution in [0.4, 0.5) is 10.1 Å². The van der Waals surface area contributed by atoms with E-state index in [0.29, 0.717) is 0 Å². The average molecular weight is 271 g/mol. The topological polar surface area (TPSA) is 71.5 Å². The lowest BCUT2D eigenvalue weighted by Crippen LogP contribution is -2.33. The molecule has 0 aliphatic carbocycles. The van der Waals surface area contributed by atoms with Crippen molar-refractivity contribution in [2.24, 2.45) is 0 Å². The van der Waals surface area contributed by atoms with Gasteiger partial charge in [-0.05, 0) is 18.2 Å². The van der Waals surface area contributed by atoms with Gasteiger partial charge in [0.15, 0.2) is 0 Å². The standard InChI is InChI=1S/C11H10FNO4S/c1-18(16,17)5-4-13-9-6-7(12)2-3-8(9)10(14)11(13)15/h2-3,6H,4-5H2,1H3. The van der Waals surface area contributed by atoms with Gasteiger partial charge in [0.1, 0.15) is 15.7 Å². The molecule has 5 nitrogen and oxygen atoms in total. The van der Waals surface area contributed by atoms with Crippen LogP contribution in [0.1, 0.15) is 10.4 Å². The molecule has 96 valence electrons. The van der Waals surface area contributed by atoms with Crippen molar-refractivity contribution >= 4 is 27.2 Å². The molecule has 0 fully saturated rings. The molecule has 0 aromatic heterocycles. The highest BCUT2D eigenvalue weighted by molar-refractivity contribution is 7.90. The predicted octanol–water partition coefficient (Wildman–Crippen LogP) is 0.400. The number of hydrogen-bond acceptors (Lipinski definition) is 4. The van der Waals surface area contributed by atoms with Crippen LogP contribution in [0, 0.1) is 5.82 Å². The van der Waals surface area contributed by atoms with Gasteiger partial charge in [-0.1, -0.05) is 0 Å². The number of benzene rings is 1. The minimum absolute atomic E-state index is 0.106. The predicted molar refractivity (Wildman–Crippen MR) is 62.8 cm³/mol. The van der Waals surface area contributed by atoms with E-state index in [2.05, 4.69) is 0 Å². The van der Waals surface area contributed by atoms with Crippen molar-refractivity contribution in [2.45, 2.75) is 0 Å². The summed E-state index contributed by atoms with van der Waals surface area (Å²) in [5.41, 5.74) is 0.239. The number of amides is 1. The number of halogens is 1. The summed E-state index contributed by atoms with van der Waals surface area (Å²) in [5, 5.41) is 0. The monoisotopic (exact) mass is 271 g/mol. The molecule has 1 heterocycles. The molecule has 18 heavy (non-hydrogen) atoms. The molecular weight excluding hydrogens is 261 g/mol. The molecule has 1 aliphatic heterocycles. The van der Waals surface area contributed by atoms with Crippen LogP contribution in [0.15, 0.2) is 18.2 Å². The minimum Gasteiger partial charge on any atom is -0.304 e. The van der Waals surface area contributed by atoms with E-state index >= 15 is 0 Å². The molecule has 0 spiro atoms. The van der Waals surface area contributed by atoms with Crippen molar-refractivity contribution in [1.29, 1.82) is 0 Å². The Labute approximate surface area is 103 Å². The van der Waals surface area contributed by atoms with Gasteiger partial charge in [-0.3, -0.25) is 9.59 Å². The Hall–Kier alpha value is -1.76. The van der Waals surface area contributed by atoms with Crippen LogP contribution >= 0.6 is 0 Å². The smallest absolute Gasteiger partial charge is 0.299 e. The number of ketones is 1. The molecule has 1 aromatic carbocycles. The van der Waals surface area contributed by atoms with Crippen LogP contribution in [-0.2, 0) is 14.6 Å². The van der Waals surface area contributed by atoms with Crippen molar-refractivity contribution in [3.8, 4) is 0 Å². The third-order valence-corrected chi connectivity index (χ3v) is 3.54. The number of anilines is 1. The maximum absolute atomic E-state index is 13.1. The van der Waals surface area contributed by atoms with E-state index in [9.17, 15) is 22.4 Å². The van der Waals surface area contributed by atoms with Crippen molar-refractivity contribution in [3.63, 3.8) is 0 Å². The van der Waals surface area contributed by atoms with Crippen LogP contribution in [0.3, 0.4) is 0 Å². The van der Waals surface area contributed by atoms with E-state index in [1.807, 2.05) is 0 Å². The first kappa shape index (κ1) is 12.7. The third kappa shape index (κ3) is 2.26. The second-order valence-electron chi connectivity index (χ2n) is 4.08. The largest absolute Gasteiger partial charge is 0.304 e.